The summed E-state index contributed by atoms with van der Waals surface area (Å²) in [6, 6.07) is 1.76. The third kappa shape index (κ3) is 3.39. The maximum absolute atomic E-state index is 5.47. The molecule has 1 aliphatic rings. The van der Waals surface area contributed by atoms with Crippen molar-refractivity contribution in [2.75, 3.05) is 18.5 Å². The van der Waals surface area contributed by atoms with E-state index in [-0.39, 0.29) is 6.10 Å². The van der Waals surface area contributed by atoms with Gasteiger partial charge in [-0.1, -0.05) is 0 Å². The fraction of sp³-hybridized carbons (Fsp3) is 0.500. The summed E-state index contributed by atoms with van der Waals surface area (Å²) in [4.78, 5) is 8.04. The molecule has 0 amide bonds. The Kier molecular flexibility index (Phi) is 4.01. The summed E-state index contributed by atoms with van der Waals surface area (Å²) in [7, 11) is 0. The van der Waals surface area contributed by atoms with Crippen molar-refractivity contribution in [1.29, 1.82) is 0 Å². The first-order valence-corrected chi connectivity index (χ1v) is 5.69. The fourth-order valence-electron chi connectivity index (χ4n) is 1.52. The molecule has 1 aromatic heterocycles. The first-order valence-electron chi connectivity index (χ1n) is 5.28. The van der Waals surface area contributed by atoms with Gasteiger partial charge < -0.3 is 15.4 Å². The monoisotopic (exact) mass is 238 g/mol. The average Bonchev–Trinajstić information content (AvgIpc) is 2.81. The van der Waals surface area contributed by atoms with Crippen LogP contribution in [-0.4, -0.2) is 34.3 Å². The summed E-state index contributed by atoms with van der Waals surface area (Å²) >= 11 is 5.11. The van der Waals surface area contributed by atoms with Crippen molar-refractivity contribution >= 4 is 23.3 Å². The summed E-state index contributed by atoms with van der Waals surface area (Å²) < 4.78 is 5.47. The number of rotatable bonds is 3. The zero-order valence-corrected chi connectivity index (χ0v) is 9.67. The van der Waals surface area contributed by atoms with Crippen LogP contribution in [0.2, 0.25) is 0 Å². The number of nitrogens with one attached hydrogen (secondary N) is 2. The van der Waals surface area contributed by atoms with E-state index in [9.17, 15) is 0 Å². The van der Waals surface area contributed by atoms with Gasteiger partial charge in [-0.25, -0.2) is 9.97 Å². The number of thiocarbonyl (C=S) groups is 1. The highest BCUT2D eigenvalue weighted by Gasteiger charge is 2.15. The van der Waals surface area contributed by atoms with E-state index < -0.39 is 0 Å². The van der Waals surface area contributed by atoms with Crippen LogP contribution < -0.4 is 10.6 Å². The largest absolute Gasteiger partial charge is 0.376 e. The van der Waals surface area contributed by atoms with E-state index in [0.717, 1.165) is 26.0 Å². The van der Waals surface area contributed by atoms with E-state index in [1.165, 1.54) is 0 Å². The number of hydrogen-bond donors (Lipinski definition) is 2. The summed E-state index contributed by atoms with van der Waals surface area (Å²) in [5.74, 6) is 0.507. The minimum atomic E-state index is 0.274. The van der Waals surface area contributed by atoms with E-state index in [0.29, 0.717) is 11.1 Å². The maximum atomic E-state index is 5.47. The number of aromatic nitrogens is 2. The summed E-state index contributed by atoms with van der Waals surface area (Å²) in [6.07, 6.45) is 5.83. The van der Waals surface area contributed by atoms with E-state index in [2.05, 4.69) is 20.6 Å². The van der Waals surface area contributed by atoms with Crippen molar-refractivity contribution in [3.8, 4) is 0 Å². The van der Waals surface area contributed by atoms with Crippen LogP contribution in [0.15, 0.2) is 18.5 Å². The van der Waals surface area contributed by atoms with Crippen molar-refractivity contribution < 1.29 is 4.74 Å². The lowest BCUT2D eigenvalue weighted by Gasteiger charge is -2.12. The van der Waals surface area contributed by atoms with E-state index >= 15 is 0 Å². The van der Waals surface area contributed by atoms with E-state index in [1.54, 1.807) is 18.5 Å². The molecule has 1 aliphatic heterocycles. The van der Waals surface area contributed by atoms with Crippen LogP contribution in [0.5, 0.6) is 0 Å². The van der Waals surface area contributed by atoms with Gasteiger partial charge >= 0.3 is 0 Å². The Labute approximate surface area is 99.6 Å². The third-order valence-corrected chi connectivity index (χ3v) is 2.55. The smallest absolute Gasteiger partial charge is 0.228 e. The van der Waals surface area contributed by atoms with Crippen molar-refractivity contribution in [3.05, 3.63) is 18.5 Å². The lowest BCUT2D eigenvalue weighted by Crippen LogP contribution is -2.35. The van der Waals surface area contributed by atoms with Gasteiger partial charge in [-0.3, -0.25) is 0 Å². The second-order valence-electron chi connectivity index (χ2n) is 3.54. The van der Waals surface area contributed by atoms with E-state index in [4.69, 9.17) is 17.0 Å². The predicted octanol–water partition coefficient (Wildman–Crippen LogP) is 0.942. The topological polar surface area (TPSA) is 59.1 Å². The Morgan fingerprint density at radius 3 is 3.00 bits per heavy atom. The van der Waals surface area contributed by atoms with Gasteiger partial charge in [-0.05, 0) is 31.1 Å². The normalized spacial score (nSPS) is 19.4. The molecule has 5 nitrogen and oxygen atoms in total. The quantitative estimate of drug-likeness (QED) is 0.764. The van der Waals surface area contributed by atoms with Gasteiger partial charge in [0.2, 0.25) is 5.95 Å². The van der Waals surface area contributed by atoms with Crippen LogP contribution in [0, 0.1) is 0 Å². The van der Waals surface area contributed by atoms with Crippen molar-refractivity contribution in [2.45, 2.75) is 18.9 Å². The highest BCUT2D eigenvalue weighted by molar-refractivity contribution is 7.80. The van der Waals surface area contributed by atoms with Crippen LogP contribution >= 0.6 is 12.2 Å². The first-order chi connectivity index (χ1) is 7.84. The molecular formula is C10H14N4OS. The highest BCUT2D eigenvalue weighted by atomic mass is 32.1. The molecule has 1 fully saturated rings. The Bertz CT molecular complexity index is 340. The standard InChI is InChI=1S/C10H14N4OS/c16-10(13-7-8-3-1-6-15-8)14-9-11-4-2-5-12-9/h2,4-5,8H,1,3,6-7H2,(H2,11,12,13,14,16). The molecule has 1 atom stereocenters. The van der Waals surface area contributed by atoms with E-state index in [1.807, 2.05) is 0 Å². The predicted molar refractivity (Wildman–Crippen MR) is 65.2 cm³/mol. The molecular weight excluding hydrogens is 224 g/mol. The van der Waals surface area contributed by atoms with Crippen molar-refractivity contribution in [1.82, 2.24) is 15.3 Å². The molecule has 16 heavy (non-hydrogen) atoms. The summed E-state index contributed by atoms with van der Waals surface area (Å²) in [6.45, 7) is 1.59. The number of hydrogen-bond acceptors (Lipinski definition) is 4. The molecule has 1 unspecified atom stereocenters. The highest BCUT2D eigenvalue weighted by Crippen LogP contribution is 2.10. The zero-order valence-electron chi connectivity index (χ0n) is 8.85. The Morgan fingerprint density at radius 2 is 2.31 bits per heavy atom. The summed E-state index contributed by atoms with van der Waals surface area (Å²) in [5, 5.41) is 6.53. The molecule has 2 rings (SSSR count). The van der Waals surface area contributed by atoms with Crippen molar-refractivity contribution in [3.63, 3.8) is 0 Å². The SMILES string of the molecule is S=C(NCC1CCCO1)Nc1ncccn1. The van der Waals surface area contributed by atoms with Crippen LogP contribution in [0.3, 0.4) is 0 Å². The molecule has 2 heterocycles. The lowest BCUT2D eigenvalue weighted by molar-refractivity contribution is 0.114. The fourth-order valence-corrected chi connectivity index (χ4v) is 1.70. The van der Waals surface area contributed by atoms with Gasteiger partial charge in [-0.2, -0.15) is 0 Å². The molecule has 1 aromatic rings. The van der Waals surface area contributed by atoms with Crippen LogP contribution in [0.1, 0.15) is 12.8 Å². The van der Waals surface area contributed by atoms with Gasteiger partial charge in [0.15, 0.2) is 5.11 Å². The lowest BCUT2D eigenvalue weighted by atomic mass is 10.2. The minimum Gasteiger partial charge on any atom is -0.376 e. The molecule has 0 bridgehead atoms. The Balaban J connectivity index is 1.72. The molecule has 6 heteroatoms. The number of anilines is 1. The molecule has 0 radical (unpaired) electrons. The van der Waals surface area contributed by atoms with Gasteiger partial charge in [0.1, 0.15) is 0 Å². The number of nitrogens with zero attached hydrogens (tertiary/aromatic N) is 2. The molecule has 1 saturated heterocycles. The second-order valence-corrected chi connectivity index (χ2v) is 3.95. The Morgan fingerprint density at radius 1 is 1.50 bits per heavy atom. The van der Waals surface area contributed by atoms with Crippen LogP contribution in [0.4, 0.5) is 5.95 Å². The second kappa shape index (κ2) is 5.72. The van der Waals surface area contributed by atoms with Crippen LogP contribution in [0.25, 0.3) is 0 Å². The minimum absolute atomic E-state index is 0.274. The molecule has 0 aromatic carbocycles. The molecule has 0 spiro atoms. The average molecular weight is 238 g/mol. The van der Waals surface area contributed by atoms with Gasteiger partial charge in [-0.15, -0.1) is 0 Å². The first kappa shape index (κ1) is 11.2. The van der Waals surface area contributed by atoms with Crippen LogP contribution in [-0.2, 0) is 4.74 Å². The van der Waals surface area contributed by atoms with Gasteiger partial charge in [0.05, 0.1) is 6.10 Å². The molecule has 2 N–H and O–H groups in total. The van der Waals surface area contributed by atoms with Gasteiger partial charge in [0, 0.05) is 25.5 Å². The van der Waals surface area contributed by atoms with Crippen molar-refractivity contribution in [2.24, 2.45) is 0 Å². The molecule has 0 aliphatic carbocycles. The molecule has 0 saturated carbocycles. The third-order valence-electron chi connectivity index (χ3n) is 2.31. The zero-order chi connectivity index (χ0) is 11.2. The number of ether oxygens (including phenoxy) is 1. The Hall–Kier alpha value is -1.27. The summed E-state index contributed by atoms with van der Waals surface area (Å²) in [5.41, 5.74) is 0. The maximum Gasteiger partial charge on any atom is 0.228 e. The molecule has 86 valence electrons. The van der Waals surface area contributed by atoms with Gasteiger partial charge in [0.25, 0.3) is 0 Å².